The highest BCUT2D eigenvalue weighted by Gasteiger charge is 2.05. The number of hydrogen-bond acceptors (Lipinski definition) is 3. The second kappa shape index (κ2) is 12.0. The van der Waals surface area contributed by atoms with Crippen LogP contribution < -0.4 is 15.4 Å². The Morgan fingerprint density at radius 2 is 1.87 bits per heavy atom. The van der Waals surface area contributed by atoms with Crippen molar-refractivity contribution >= 4 is 35.8 Å². The number of nitrogens with zero attached hydrogens (tertiary/aromatic N) is 2. The number of likely N-dealkylation sites (N-methyl/N-ethyl adjacent to an activating group) is 1. The number of amides is 1. The number of nitrogens with one attached hydrogen (secondary N) is 2. The number of ether oxygens (including phenoxy) is 1. The van der Waals surface area contributed by atoms with Gasteiger partial charge in [0, 0.05) is 27.2 Å². The van der Waals surface area contributed by atoms with E-state index < -0.39 is 0 Å². The van der Waals surface area contributed by atoms with Crippen LogP contribution in [-0.4, -0.2) is 50.6 Å². The van der Waals surface area contributed by atoms with E-state index in [4.69, 9.17) is 4.74 Å². The maximum absolute atomic E-state index is 11.5. The number of guanidine groups is 1. The Balaban J connectivity index is 0.00000484. The van der Waals surface area contributed by atoms with Crippen molar-refractivity contribution in [3.63, 3.8) is 0 Å². The van der Waals surface area contributed by atoms with Gasteiger partial charge in [0.15, 0.2) is 12.6 Å². The molecule has 0 saturated carbocycles. The smallest absolute Gasteiger partial charge is 0.259 e. The molecule has 0 fully saturated rings. The molecule has 0 aromatic heterocycles. The summed E-state index contributed by atoms with van der Waals surface area (Å²) in [5.74, 6) is 1.40. The van der Waals surface area contributed by atoms with E-state index in [0.29, 0.717) is 12.3 Å². The van der Waals surface area contributed by atoms with E-state index in [-0.39, 0.29) is 36.5 Å². The predicted molar refractivity (Wildman–Crippen MR) is 105 cm³/mol. The van der Waals surface area contributed by atoms with Crippen LogP contribution in [0, 0.1) is 0 Å². The van der Waals surface area contributed by atoms with Gasteiger partial charge in [0.2, 0.25) is 0 Å². The Bertz CT molecular complexity index is 499. The average Bonchev–Trinajstić information content (AvgIpc) is 2.51. The van der Waals surface area contributed by atoms with Crippen molar-refractivity contribution in [3.05, 3.63) is 29.8 Å². The van der Waals surface area contributed by atoms with Gasteiger partial charge in [-0.3, -0.25) is 4.79 Å². The maximum atomic E-state index is 11.5. The van der Waals surface area contributed by atoms with Crippen LogP contribution in [0.25, 0.3) is 0 Å². The summed E-state index contributed by atoms with van der Waals surface area (Å²) in [5.41, 5.74) is 1.03. The van der Waals surface area contributed by atoms with Crippen LogP contribution in [0.2, 0.25) is 0 Å². The van der Waals surface area contributed by atoms with Crippen molar-refractivity contribution in [3.8, 4) is 5.75 Å². The first kappa shape index (κ1) is 21.5. The molecule has 0 heterocycles. The third kappa shape index (κ3) is 8.63. The van der Waals surface area contributed by atoms with E-state index in [1.54, 1.807) is 14.1 Å². The summed E-state index contributed by atoms with van der Waals surface area (Å²) in [7, 11) is 3.42. The number of halogens is 1. The Morgan fingerprint density at radius 1 is 1.22 bits per heavy atom. The molecule has 0 unspecified atom stereocenters. The maximum Gasteiger partial charge on any atom is 0.259 e. The second-order valence-corrected chi connectivity index (χ2v) is 4.95. The molecule has 0 radical (unpaired) electrons. The summed E-state index contributed by atoms with van der Waals surface area (Å²) >= 11 is 0. The molecule has 1 amide bonds. The lowest BCUT2D eigenvalue weighted by Gasteiger charge is -2.12. The predicted octanol–water partition coefficient (Wildman–Crippen LogP) is 1.85. The molecule has 0 aliphatic carbocycles. The molecule has 2 N–H and O–H groups in total. The van der Waals surface area contributed by atoms with Gasteiger partial charge in [-0.2, -0.15) is 0 Å². The summed E-state index contributed by atoms with van der Waals surface area (Å²) in [6, 6.07) is 7.63. The zero-order valence-electron chi connectivity index (χ0n) is 14.3. The lowest BCUT2D eigenvalue weighted by molar-refractivity contribution is -0.130. The number of benzene rings is 1. The molecule has 6 nitrogen and oxygen atoms in total. The van der Waals surface area contributed by atoms with Crippen LogP contribution in [0.1, 0.15) is 19.4 Å². The topological polar surface area (TPSA) is 66.0 Å². The third-order valence-electron chi connectivity index (χ3n) is 2.87. The van der Waals surface area contributed by atoms with Crippen LogP contribution in [0.3, 0.4) is 0 Å². The van der Waals surface area contributed by atoms with Gasteiger partial charge in [0.05, 0.1) is 6.54 Å². The van der Waals surface area contributed by atoms with E-state index in [2.05, 4.69) is 15.6 Å². The Labute approximate surface area is 155 Å². The highest BCUT2D eigenvalue weighted by Crippen LogP contribution is 2.14. The van der Waals surface area contributed by atoms with Crippen molar-refractivity contribution in [2.75, 3.05) is 33.8 Å². The molecule has 1 aromatic carbocycles. The van der Waals surface area contributed by atoms with Crippen LogP contribution in [0.15, 0.2) is 29.3 Å². The SMILES string of the molecule is CCNC(=NCc1cccc(OCC(=O)N(C)C)c1)NCC.I. The van der Waals surface area contributed by atoms with Crippen molar-refractivity contribution in [1.82, 2.24) is 15.5 Å². The zero-order chi connectivity index (χ0) is 16.4. The Morgan fingerprint density at radius 3 is 2.43 bits per heavy atom. The lowest BCUT2D eigenvalue weighted by atomic mass is 10.2. The largest absolute Gasteiger partial charge is 0.484 e. The van der Waals surface area contributed by atoms with Gasteiger partial charge in [-0.05, 0) is 31.5 Å². The third-order valence-corrected chi connectivity index (χ3v) is 2.87. The fourth-order valence-electron chi connectivity index (χ4n) is 1.69. The number of hydrogen-bond donors (Lipinski definition) is 2. The van der Waals surface area contributed by atoms with Gasteiger partial charge in [-0.1, -0.05) is 12.1 Å². The van der Waals surface area contributed by atoms with Gasteiger partial charge in [-0.15, -0.1) is 24.0 Å². The molecule has 0 saturated heterocycles. The summed E-state index contributed by atoms with van der Waals surface area (Å²) < 4.78 is 5.50. The van der Waals surface area contributed by atoms with Crippen molar-refractivity contribution in [1.29, 1.82) is 0 Å². The Hall–Kier alpha value is -1.51. The molecule has 0 atom stereocenters. The minimum Gasteiger partial charge on any atom is -0.484 e. The number of carbonyl (C=O) groups excluding carboxylic acids is 1. The summed E-state index contributed by atoms with van der Waals surface area (Å²) in [5, 5.41) is 6.36. The van der Waals surface area contributed by atoms with E-state index in [1.807, 2.05) is 38.1 Å². The van der Waals surface area contributed by atoms with E-state index in [0.717, 1.165) is 24.6 Å². The molecular weight excluding hydrogens is 407 g/mol. The first-order chi connectivity index (χ1) is 10.6. The average molecular weight is 434 g/mol. The fourth-order valence-corrected chi connectivity index (χ4v) is 1.69. The monoisotopic (exact) mass is 434 g/mol. The Kier molecular flexibility index (Phi) is 11.2. The number of aliphatic imine (C=N–C) groups is 1. The molecule has 0 aliphatic rings. The fraction of sp³-hybridized carbons (Fsp3) is 0.500. The first-order valence-electron chi connectivity index (χ1n) is 7.50. The number of rotatable bonds is 7. The van der Waals surface area contributed by atoms with Crippen molar-refractivity contribution in [2.24, 2.45) is 4.99 Å². The minimum atomic E-state index is -0.0648. The lowest BCUT2D eigenvalue weighted by Crippen LogP contribution is -2.36. The van der Waals surface area contributed by atoms with Gasteiger partial charge in [0.25, 0.3) is 5.91 Å². The normalized spacial score (nSPS) is 9.39. The highest BCUT2D eigenvalue weighted by molar-refractivity contribution is 14.0. The second-order valence-electron chi connectivity index (χ2n) is 4.95. The van der Waals surface area contributed by atoms with Gasteiger partial charge >= 0.3 is 0 Å². The van der Waals surface area contributed by atoms with Gasteiger partial charge in [-0.25, -0.2) is 4.99 Å². The molecule has 23 heavy (non-hydrogen) atoms. The molecule has 0 aliphatic heterocycles. The van der Waals surface area contributed by atoms with Gasteiger partial charge in [0.1, 0.15) is 5.75 Å². The standard InChI is InChI=1S/C16H26N4O2.HI/c1-5-17-16(18-6-2)19-11-13-8-7-9-14(10-13)22-12-15(21)20(3)4;/h7-10H,5-6,11-12H2,1-4H3,(H2,17,18,19);1H. The van der Waals surface area contributed by atoms with Gasteiger partial charge < -0.3 is 20.3 Å². The summed E-state index contributed by atoms with van der Waals surface area (Å²) in [6.07, 6.45) is 0. The van der Waals surface area contributed by atoms with Crippen LogP contribution in [0.5, 0.6) is 5.75 Å². The van der Waals surface area contributed by atoms with Crippen LogP contribution >= 0.6 is 24.0 Å². The molecule has 1 rings (SSSR count). The molecule has 0 bridgehead atoms. The van der Waals surface area contributed by atoms with Crippen LogP contribution in [0.4, 0.5) is 0 Å². The van der Waals surface area contributed by atoms with Crippen molar-refractivity contribution in [2.45, 2.75) is 20.4 Å². The van der Waals surface area contributed by atoms with E-state index in [1.165, 1.54) is 4.90 Å². The quantitative estimate of drug-likeness (QED) is 0.391. The molecular formula is C16H27IN4O2. The van der Waals surface area contributed by atoms with E-state index in [9.17, 15) is 4.79 Å². The highest BCUT2D eigenvalue weighted by atomic mass is 127. The minimum absolute atomic E-state index is 0. The molecule has 130 valence electrons. The summed E-state index contributed by atoms with van der Waals surface area (Å²) in [6.45, 7) is 6.29. The summed E-state index contributed by atoms with van der Waals surface area (Å²) in [4.78, 5) is 17.5. The molecule has 0 spiro atoms. The number of carbonyl (C=O) groups is 1. The molecule has 1 aromatic rings. The first-order valence-corrected chi connectivity index (χ1v) is 7.50. The zero-order valence-corrected chi connectivity index (χ0v) is 16.6. The van der Waals surface area contributed by atoms with Crippen LogP contribution in [-0.2, 0) is 11.3 Å². The van der Waals surface area contributed by atoms with E-state index >= 15 is 0 Å². The van der Waals surface area contributed by atoms with Crippen molar-refractivity contribution < 1.29 is 9.53 Å². The molecule has 7 heteroatoms.